The van der Waals surface area contributed by atoms with Crippen LogP contribution >= 0.6 is 23.2 Å². The third-order valence-electron chi connectivity index (χ3n) is 5.22. The number of halogens is 2. The third kappa shape index (κ3) is 4.39. The first-order valence-corrected chi connectivity index (χ1v) is 10.2. The fraction of sp³-hybridized carbons (Fsp3) is 0.333. The molecule has 0 atom stereocenters. The number of fused-ring (bicyclic) bond motifs is 1. The minimum absolute atomic E-state index is 0.0659. The van der Waals surface area contributed by atoms with Crippen LogP contribution in [0, 0.1) is 0 Å². The average molecular weight is 417 g/mol. The van der Waals surface area contributed by atoms with Crippen molar-refractivity contribution in [2.24, 2.45) is 0 Å². The first-order valence-electron chi connectivity index (χ1n) is 9.46. The lowest BCUT2D eigenvalue weighted by molar-refractivity contribution is 0.128. The Bertz CT molecular complexity index is 1030. The topological polar surface area (TPSA) is 52.2 Å². The fourth-order valence-corrected chi connectivity index (χ4v) is 3.98. The summed E-state index contributed by atoms with van der Waals surface area (Å²) in [4.78, 5) is 24.5. The van der Waals surface area contributed by atoms with Gasteiger partial charge >= 0.3 is 0 Å². The monoisotopic (exact) mass is 416 g/mol. The van der Waals surface area contributed by atoms with Crippen molar-refractivity contribution in [2.75, 3.05) is 32.7 Å². The number of para-hydroxylation sites is 1. The average Bonchev–Trinajstić information content (AvgIpc) is 2.71. The van der Waals surface area contributed by atoms with E-state index in [4.69, 9.17) is 23.2 Å². The molecule has 4 rings (SSSR count). The van der Waals surface area contributed by atoms with Gasteiger partial charge in [0.25, 0.3) is 5.56 Å². The minimum Gasteiger partial charge on any atom is -0.310 e. The maximum atomic E-state index is 12.2. The van der Waals surface area contributed by atoms with Crippen LogP contribution < -0.4 is 5.56 Å². The molecule has 0 spiro atoms. The van der Waals surface area contributed by atoms with Crippen molar-refractivity contribution >= 4 is 34.1 Å². The van der Waals surface area contributed by atoms with Gasteiger partial charge in [0.1, 0.15) is 5.82 Å². The van der Waals surface area contributed by atoms with Gasteiger partial charge in [0.15, 0.2) is 0 Å². The lowest BCUT2D eigenvalue weighted by Crippen LogP contribution is -2.46. The van der Waals surface area contributed by atoms with Crippen molar-refractivity contribution in [1.82, 2.24) is 19.8 Å². The quantitative estimate of drug-likeness (QED) is 0.690. The highest BCUT2D eigenvalue weighted by atomic mass is 35.5. The molecule has 28 heavy (non-hydrogen) atoms. The number of H-pyrrole nitrogens is 1. The van der Waals surface area contributed by atoms with E-state index in [9.17, 15) is 4.79 Å². The molecule has 0 unspecified atom stereocenters. The van der Waals surface area contributed by atoms with E-state index in [-0.39, 0.29) is 5.56 Å². The zero-order valence-corrected chi connectivity index (χ0v) is 17.0. The number of hydrogen-bond acceptors (Lipinski definition) is 4. The first-order chi connectivity index (χ1) is 13.6. The molecule has 1 fully saturated rings. The molecular formula is C21H22Cl2N4O. The number of rotatable bonds is 5. The van der Waals surface area contributed by atoms with Crippen molar-refractivity contribution in [2.45, 2.75) is 13.0 Å². The van der Waals surface area contributed by atoms with Crippen LogP contribution in [0.4, 0.5) is 0 Å². The second kappa shape index (κ2) is 8.62. The summed E-state index contributed by atoms with van der Waals surface area (Å²) < 4.78 is 0. The molecule has 1 saturated heterocycles. The molecule has 0 bridgehead atoms. The number of nitrogens with one attached hydrogen (secondary N) is 1. The van der Waals surface area contributed by atoms with Crippen LogP contribution in [-0.2, 0) is 13.0 Å². The highest BCUT2D eigenvalue weighted by molar-refractivity contribution is 6.42. The van der Waals surface area contributed by atoms with E-state index in [1.54, 1.807) is 6.07 Å². The van der Waals surface area contributed by atoms with Crippen molar-refractivity contribution in [3.8, 4) is 0 Å². The Balaban J connectivity index is 1.31. The van der Waals surface area contributed by atoms with Crippen molar-refractivity contribution in [3.63, 3.8) is 0 Å². The Hall–Kier alpha value is -1.92. The number of benzene rings is 2. The second-order valence-electron chi connectivity index (χ2n) is 7.11. The molecule has 0 aliphatic carbocycles. The summed E-state index contributed by atoms with van der Waals surface area (Å²) >= 11 is 12.4. The van der Waals surface area contributed by atoms with Crippen molar-refractivity contribution < 1.29 is 0 Å². The Morgan fingerprint density at radius 1 is 0.964 bits per heavy atom. The van der Waals surface area contributed by atoms with Crippen molar-refractivity contribution in [3.05, 3.63) is 74.3 Å². The SMILES string of the molecule is O=c1[nH]c(CCN2CCN(Cc3cccc(Cl)c3Cl)CC2)nc2ccccc12. The van der Waals surface area contributed by atoms with Crippen LogP contribution in [0.5, 0.6) is 0 Å². The van der Waals surface area contributed by atoms with Gasteiger partial charge in [0.05, 0.1) is 20.9 Å². The van der Waals surface area contributed by atoms with Gasteiger partial charge in [-0.1, -0.05) is 47.5 Å². The molecule has 0 radical (unpaired) electrons. The van der Waals surface area contributed by atoms with Gasteiger partial charge in [-0.3, -0.25) is 9.69 Å². The molecule has 146 valence electrons. The van der Waals surface area contributed by atoms with E-state index >= 15 is 0 Å². The minimum atomic E-state index is -0.0659. The largest absolute Gasteiger partial charge is 0.310 e. The van der Waals surface area contributed by atoms with E-state index in [0.29, 0.717) is 15.4 Å². The van der Waals surface area contributed by atoms with Gasteiger partial charge in [-0.05, 0) is 23.8 Å². The number of nitrogens with zero attached hydrogens (tertiary/aromatic N) is 3. The number of hydrogen-bond donors (Lipinski definition) is 1. The highest BCUT2D eigenvalue weighted by Gasteiger charge is 2.18. The van der Waals surface area contributed by atoms with E-state index in [1.165, 1.54) is 0 Å². The molecule has 1 aliphatic rings. The van der Waals surface area contributed by atoms with Gasteiger partial charge in [0, 0.05) is 45.7 Å². The molecule has 2 heterocycles. The van der Waals surface area contributed by atoms with Gasteiger partial charge in [-0.15, -0.1) is 0 Å². The normalized spacial score (nSPS) is 15.9. The Kier molecular flexibility index (Phi) is 5.97. The Labute approximate surface area is 173 Å². The van der Waals surface area contributed by atoms with E-state index < -0.39 is 0 Å². The number of aromatic amines is 1. The summed E-state index contributed by atoms with van der Waals surface area (Å²) in [5, 5.41) is 1.90. The standard InChI is InChI=1S/C21H22Cl2N4O/c22-17-6-3-4-15(20(17)23)14-27-12-10-26(11-13-27)9-8-19-24-18-7-2-1-5-16(18)21(28)25-19/h1-7H,8-14H2,(H,24,25,28). The molecule has 1 N–H and O–H groups in total. The summed E-state index contributed by atoms with van der Waals surface area (Å²) in [5.74, 6) is 0.747. The predicted octanol–water partition coefficient (Wildman–Crippen LogP) is 3.59. The van der Waals surface area contributed by atoms with Crippen LogP contribution in [0.3, 0.4) is 0 Å². The molecule has 5 nitrogen and oxygen atoms in total. The van der Waals surface area contributed by atoms with E-state index in [2.05, 4.69) is 19.8 Å². The summed E-state index contributed by atoms with van der Waals surface area (Å²) in [7, 11) is 0. The molecule has 2 aromatic carbocycles. The first kappa shape index (κ1) is 19.4. The van der Waals surface area contributed by atoms with E-state index in [1.807, 2.05) is 36.4 Å². The fourth-order valence-electron chi connectivity index (χ4n) is 3.60. The molecule has 1 aromatic heterocycles. The summed E-state index contributed by atoms with van der Waals surface area (Å²) in [5.41, 5.74) is 1.76. The maximum Gasteiger partial charge on any atom is 0.258 e. The zero-order valence-electron chi connectivity index (χ0n) is 15.5. The Morgan fingerprint density at radius 3 is 2.54 bits per heavy atom. The molecule has 0 amide bonds. The molecule has 1 aliphatic heterocycles. The lowest BCUT2D eigenvalue weighted by atomic mass is 10.2. The molecular weight excluding hydrogens is 395 g/mol. The van der Waals surface area contributed by atoms with Crippen molar-refractivity contribution in [1.29, 1.82) is 0 Å². The molecule has 7 heteroatoms. The third-order valence-corrected chi connectivity index (χ3v) is 6.08. The van der Waals surface area contributed by atoms with Gasteiger partial charge in [-0.2, -0.15) is 0 Å². The summed E-state index contributed by atoms with van der Waals surface area (Å²) in [6, 6.07) is 13.2. The summed E-state index contributed by atoms with van der Waals surface area (Å²) in [6.45, 7) is 5.61. The van der Waals surface area contributed by atoms with Crippen LogP contribution in [0.15, 0.2) is 47.3 Å². The second-order valence-corrected chi connectivity index (χ2v) is 7.90. The van der Waals surface area contributed by atoms with Gasteiger partial charge in [0.2, 0.25) is 0 Å². The maximum absolute atomic E-state index is 12.2. The van der Waals surface area contributed by atoms with Gasteiger partial charge < -0.3 is 9.88 Å². The van der Waals surface area contributed by atoms with Crippen LogP contribution in [0.2, 0.25) is 10.0 Å². The van der Waals surface area contributed by atoms with Crippen LogP contribution in [-0.4, -0.2) is 52.5 Å². The molecule has 0 saturated carbocycles. The Morgan fingerprint density at radius 2 is 1.71 bits per heavy atom. The molecule has 3 aromatic rings. The lowest BCUT2D eigenvalue weighted by Gasteiger charge is -2.34. The van der Waals surface area contributed by atoms with Gasteiger partial charge in [-0.25, -0.2) is 4.98 Å². The van der Waals surface area contributed by atoms with Crippen LogP contribution in [0.1, 0.15) is 11.4 Å². The van der Waals surface area contributed by atoms with E-state index in [0.717, 1.165) is 62.6 Å². The van der Waals surface area contributed by atoms with Crippen LogP contribution in [0.25, 0.3) is 10.9 Å². The number of aromatic nitrogens is 2. The highest BCUT2D eigenvalue weighted by Crippen LogP contribution is 2.26. The zero-order chi connectivity index (χ0) is 19.5. The smallest absolute Gasteiger partial charge is 0.258 e. The predicted molar refractivity (Wildman–Crippen MR) is 114 cm³/mol. The number of piperazine rings is 1. The summed E-state index contributed by atoms with van der Waals surface area (Å²) in [6.07, 6.45) is 0.736.